The van der Waals surface area contributed by atoms with Gasteiger partial charge in [-0.2, -0.15) is 0 Å². The lowest BCUT2D eigenvalue weighted by Crippen LogP contribution is -2.15. The normalized spacial score (nSPS) is 14.3. The van der Waals surface area contributed by atoms with Crippen molar-refractivity contribution in [2.24, 2.45) is 5.73 Å². The topological polar surface area (TPSA) is 35.2 Å². The zero-order chi connectivity index (χ0) is 13.8. The third-order valence-corrected chi connectivity index (χ3v) is 3.41. The molecule has 0 spiro atoms. The second-order valence-corrected chi connectivity index (χ2v) is 5.21. The maximum atomic E-state index is 6.18. The van der Waals surface area contributed by atoms with Crippen LogP contribution in [-0.2, 0) is 0 Å². The van der Waals surface area contributed by atoms with E-state index < -0.39 is 0 Å². The molecular formula is C17H23NO. The maximum absolute atomic E-state index is 6.18. The number of ether oxygens (including phenoxy) is 1. The molecule has 0 aliphatic heterocycles. The first-order valence-electron chi connectivity index (χ1n) is 7.07. The molecule has 0 fully saturated rings. The van der Waals surface area contributed by atoms with E-state index in [1.54, 1.807) is 0 Å². The summed E-state index contributed by atoms with van der Waals surface area (Å²) in [5.74, 6) is 0.953. The number of rotatable bonds is 5. The Morgan fingerprint density at radius 3 is 2.53 bits per heavy atom. The van der Waals surface area contributed by atoms with E-state index >= 15 is 0 Å². The van der Waals surface area contributed by atoms with E-state index in [4.69, 9.17) is 10.5 Å². The largest absolute Gasteiger partial charge is 0.490 e. The molecule has 2 N–H and O–H groups in total. The minimum atomic E-state index is -0.0200. The minimum absolute atomic E-state index is 0.0200. The Morgan fingerprint density at radius 1 is 1.11 bits per heavy atom. The van der Waals surface area contributed by atoms with Crippen molar-refractivity contribution in [1.29, 1.82) is 0 Å². The van der Waals surface area contributed by atoms with Crippen LogP contribution in [-0.4, -0.2) is 6.10 Å². The van der Waals surface area contributed by atoms with E-state index in [0.717, 1.165) is 29.5 Å². The molecule has 0 aliphatic carbocycles. The zero-order valence-electron chi connectivity index (χ0n) is 12.0. The van der Waals surface area contributed by atoms with Crippen LogP contribution in [0.5, 0.6) is 5.75 Å². The number of hydrogen-bond acceptors (Lipinski definition) is 2. The van der Waals surface area contributed by atoms with E-state index in [0.29, 0.717) is 0 Å². The fourth-order valence-corrected chi connectivity index (χ4v) is 2.42. The maximum Gasteiger partial charge on any atom is 0.132 e. The first-order valence-corrected chi connectivity index (χ1v) is 7.07. The van der Waals surface area contributed by atoms with Gasteiger partial charge in [0.15, 0.2) is 0 Å². The Kier molecular flexibility index (Phi) is 4.43. The zero-order valence-corrected chi connectivity index (χ0v) is 12.0. The van der Waals surface area contributed by atoms with Gasteiger partial charge in [-0.1, -0.05) is 49.7 Å². The highest BCUT2D eigenvalue weighted by atomic mass is 16.5. The molecule has 0 aliphatic rings. The standard InChI is InChI=1S/C17H23NO/c1-4-7-12(2)19-17-15(13(3)18)11-10-14-8-5-6-9-16(14)17/h5-6,8-13H,4,7,18H2,1-3H3/t12?,13-/m1/s1. The van der Waals surface area contributed by atoms with Crippen LogP contribution in [0.15, 0.2) is 36.4 Å². The van der Waals surface area contributed by atoms with Gasteiger partial charge < -0.3 is 10.5 Å². The van der Waals surface area contributed by atoms with E-state index in [1.807, 2.05) is 19.1 Å². The van der Waals surface area contributed by atoms with Gasteiger partial charge in [0.25, 0.3) is 0 Å². The first-order chi connectivity index (χ1) is 9.13. The predicted molar refractivity (Wildman–Crippen MR) is 81.5 cm³/mol. The molecule has 2 aromatic rings. The molecule has 1 unspecified atom stereocenters. The van der Waals surface area contributed by atoms with Crippen LogP contribution in [0.3, 0.4) is 0 Å². The number of hydrogen-bond donors (Lipinski definition) is 1. The van der Waals surface area contributed by atoms with Crippen LogP contribution < -0.4 is 10.5 Å². The van der Waals surface area contributed by atoms with Crippen molar-refractivity contribution in [3.8, 4) is 5.75 Å². The van der Waals surface area contributed by atoms with E-state index in [1.165, 1.54) is 5.39 Å². The molecule has 2 heteroatoms. The second kappa shape index (κ2) is 6.07. The van der Waals surface area contributed by atoms with Gasteiger partial charge in [0.1, 0.15) is 5.75 Å². The number of benzene rings is 2. The second-order valence-electron chi connectivity index (χ2n) is 5.21. The molecule has 0 heterocycles. The highest BCUT2D eigenvalue weighted by Crippen LogP contribution is 2.34. The number of fused-ring (bicyclic) bond motifs is 1. The van der Waals surface area contributed by atoms with Crippen LogP contribution in [0.4, 0.5) is 0 Å². The smallest absolute Gasteiger partial charge is 0.132 e. The van der Waals surface area contributed by atoms with Gasteiger partial charge in [-0.15, -0.1) is 0 Å². The Morgan fingerprint density at radius 2 is 1.84 bits per heavy atom. The Bertz CT molecular complexity index is 548. The van der Waals surface area contributed by atoms with Crippen molar-refractivity contribution in [3.63, 3.8) is 0 Å². The molecule has 102 valence electrons. The molecule has 19 heavy (non-hydrogen) atoms. The van der Waals surface area contributed by atoms with Gasteiger partial charge in [-0.25, -0.2) is 0 Å². The van der Waals surface area contributed by atoms with Crippen molar-refractivity contribution in [2.45, 2.75) is 45.8 Å². The van der Waals surface area contributed by atoms with Crippen molar-refractivity contribution < 1.29 is 4.74 Å². The minimum Gasteiger partial charge on any atom is -0.490 e. The summed E-state index contributed by atoms with van der Waals surface area (Å²) in [5, 5.41) is 2.35. The third-order valence-electron chi connectivity index (χ3n) is 3.41. The van der Waals surface area contributed by atoms with E-state index in [-0.39, 0.29) is 12.1 Å². The van der Waals surface area contributed by atoms with Crippen LogP contribution in [0.25, 0.3) is 10.8 Å². The molecular weight excluding hydrogens is 234 g/mol. The summed E-state index contributed by atoms with van der Waals surface area (Å²) in [4.78, 5) is 0. The summed E-state index contributed by atoms with van der Waals surface area (Å²) in [7, 11) is 0. The molecule has 2 rings (SSSR count). The molecule has 2 atom stereocenters. The third kappa shape index (κ3) is 3.07. The van der Waals surface area contributed by atoms with Crippen LogP contribution in [0.1, 0.15) is 45.2 Å². The van der Waals surface area contributed by atoms with Gasteiger partial charge in [0.2, 0.25) is 0 Å². The molecule has 0 bridgehead atoms. The Labute approximate surface area is 115 Å². The van der Waals surface area contributed by atoms with Crippen molar-refractivity contribution >= 4 is 10.8 Å². The van der Waals surface area contributed by atoms with Crippen molar-refractivity contribution in [3.05, 3.63) is 42.0 Å². The lowest BCUT2D eigenvalue weighted by Gasteiger charge is -2.20. The Hall–Kier alpha value is -1.54. The number of nitrogens with two attached hydrogens (primary N) is 1. The summed E-state index contributed by atoms with van der Waals surface area (Å²) < 4.78 is 6.18. The molecule has 2 nitrogen and oxygen atoms in total. The van der Waals surface area contributed by atoms with Gasteiger partial charge in [-0.3, -0.25) is 0 Å². The van der Waals surface area contributed by atoms with Crippen LogP contribution >= 0.6 is 0 Å². The predicted octanol–water partition coefficient (Wildman–Crippen LogP) is 4.43. The monoisotopic (exact) mass is 257 g/mol. The summed E-state index contributed by atoms with van der Waals surface area (Å²) >= 11 is 0. The van der Waals surface area contributed by atoms with Gasteiger partial charge >= 0.3 is 0 Å². The lowest BCUT2D eigenvalue weighted by molar-refractivity contribution is 0.210. The van der Waals surface area contributed by atoms with E-state index in [2.05, 4.69) is 38.1 Å². The van der Waals surface area contributed by atoms with Crippen molar-refractivity contribution in [2.75, 3.05) is 0 Å². The van der Waals surface area contributed by atoms with Gasteiger partial charge in [0, 0.05) is 17.0 Å². The summed E-state index contributed by atoms with van der Waals surface area (Å²) in [6, 6.07) is 12.5. The fraction of sp³-hybridized carbons (Fsp3) is 0.412. The Balaban J connectivity index is 2.49. The highest BCUT2D eigenvalue weighted by Gasteiger charge is 2.14. The fourth-order valence-electron chi connectivity index (χ4n) is 2.42. The molecule has 0 saturated heterocycles. The average Bonchev–Trinajstić information content (AvgIpc) is 2.39. The summed E-state index contributed by atoms with van der Waals surface area (Å²) in [6.45, 7) is 6.30. The quantitative estimate of drug-likeness (QED) is 0.860. The summed E-state index contributed by atoms with van der Waals surface area (Å²) in [5.41, 5.74) is 7.16. The van der Waals surface area contributed by atoms with Gasteiger partial charge in [0.05, 0.1) is 6.10 Å². The van der Waals surface area contributed by atoms with Crippen molar-refractivity contribution in [1.82, 2.24) is 0 Å². The molecule has 0 saturated carbocycles. The highest BCUT2D eigenvalue weighted by molar-refractivity contribution is 5.89. The lowest BCUT2D eigenvalue weighted by atomic mass is 10.0. The van der Waals surface area contributed by atoms with Crippen LogP contribution in [0, 0.1) is 0 Å². The van der Waals surface area contributed by atoms with E-state index in [9.17, 15) is 0 Å². The van der Waals surface area contributed by atoms with Gasteiger partial charge in [-0.05, 0) is 25.7 Å². The molecule has 2 aromatic carbocycles. The molecule has 0 radical (unpaired) electrons. The van der Waals surface area contributed by atoms with Crippen LogP contribution in [0.2, 0.25) is 0 Å². The SMILES string of the molecule is CCCC(C)Oc1c([C@@H](C)N)ccc2ccccc12. The molecule has 0 amide bonds. The average molecular weight is 257 g/mol. The molecule has 0 aromatic heterocycles. The summed E-state index contributed by atoms with van der Waals surface area (Å²) in [6.07, 6.45) is 2.40. The first kappa shape index (κ1) is 13.9.